The van der Waals surface area contributed by atoms with E-state index in [0.29, 0.717) is 30.5 Å². The molecule has 1 N–H and O–H groups in total. The van der Waals surface area contributed by atoms with Crippen molar-refractivity contribution in [3.05, 3.63) is 94.6 Å². The third kappa shape index (κ3) is 7.52. The lowest BCUT2D eigenvalue weighted by molar-refractivity contribution is -0.146. The number of carbonyl (C=O) groups is 2. The highest BCUT2D eigenvalue weighted by molar-refractivity contribution is 8.00. The van der Waals surface area contributed by atoms with Crippen LogP contribution in [0.1, 0.15) is 76.6 Å². The first-order valence-corrected chi connectivity index (χ1v) is 17.8. The second-order valence-corrected chi connectivity index (χ2v) is 17.0. The highest BCUT2D eigenvalue weighted by Gasteiger charge is 2.47. The molecule has 6 rings (SSSR count). The Bertz CT molecular complexity index is 1760. The molecule has 8 heteroatoms. The molecule has 248 valence electrons. The summed E-state index contributed by atoms with van der Waals surface area (Å²) in [6, 6.07) is 24.4. The lowest BCUT2D eigenvalue weighted by Crippen LogP contribution is -2.40. The molecule has 1 saturated heterocycles. The molecule has 0 spiro atoms. The highest BCUT2D eigenvalue weighted by Crippen LogP contribution is 2.49. The number of ether oxygens (including phenoxy) is 1. The van der Waals surface area contributed by atoms with Crippen LogP contribution in [0.3, 0.4) is 0 Å². The van der Waals surface area contributed by atoms with Gasteiger partial charge in [0.05, 0.1) is 11.5 Å². The number of likely N-dealkylation sites (tertiary alicyclic amines) is 1. The summed E-state index contributed by atoms with van der Waals surface area (Å²) in [6.45, 7) is 11.9. The minimum Gasteiger partial charge on any atom is -0.491 e. The van der Waals surface area contributed by atoms with E-state index in [2.05, 4.69) is 54.5 Å². The summed E-state index contributed by atoms with van der Waals surface area (Å²) in [7, 11) is 0. The number of rotatable bonds is 11. The van der Waals surface area contributed by atoms with Crippen LogP contribution in [-0.4, -0.2) is 50.4 Å². The second-order valence-electron chi connectivity index (χ2n) is 14.7. The monoisotopic (exact) mass is 672 g/mol. The van der Waals surface area contributed by atoms with Crippen molar-refractivity contribution in [3.8, 4) is 5.75 Å². The van der Waals surface area contributed by atoms with E-state index in [-0.39, 0.29) is 22.6 Å². The smallest absolute Gasteiger partial charge is 0.309 e. The zero-order chi connectivity index (χ0) is 33.5. The molecule has 3 atom stereocenters. The highest BCUT2D eigenvalue weighted by atomic mass is 35.5. The summed E-state index contributed by atoms with van der Waals surface area (Å²) >= 11 is 7.96. The summed E-state index contributed by atoms with van der Waals surface area (Å²) in [6.07, 6.45) is 3.23. The number of hydrogen-bond donors (Lipinski definition) is 1. The molecule has 1 aliphatic heterocycles. The number of aromatic nitrogens is 1. The van der Waals surface area contributed by atoms with Crippen molar-refractivity contribution >= 4 is 46.1 Å². The van der Waals surface area contributed by atoms with Crippen LogP contribution >= 0.6 is 23.4 Å². The van der Waals surface area contributed by atoms with E-state index in [9.17, 15) is 14.7 Å². The number of aliphatic carboxylic acids is 1. The van der Waals surface area contributed by atoms with Gasteiger partial charge in [0.1, 0.15) is 12.4 Å². The molecule has 2 heterocycles. The Balaban J connectivity index is 1.29. The lowest BCUT2D eigenvalue weighted by atomic mass is 9.88. The van der Waals surface area contributed by atoms with Gasteiger partial charge < -0.3 is 19.3 Å². The molecule has 1 saturated carbocycles. The Morgan fingerprint density at radius 3 is 2.40 bits per heavy atom. The molecule has 2 fully saturated rings. The molecular weight excluding hydrogens is 628 g/mol. The van der Waals surface area contributed by atoms with E-state index in [1.165, 1.54) is 5.56 Å². The molecule has 1 amide bonds. The lowest BCUT2D eigenvalue weighted by Gasteiger charge is -2.25. The van der Waals surface area contributed by atoms with Gasteiger partial charge in [0.25, 0.3) is 0 Å². The fraction of sp³-hybridized carbons (Fsp3) is 0.436. The number of nitrogens with zero attached hydrogens (tertiary/aromatic N) is 2. The third-order valence-electron chi connectivity index (χ3n) is 9.38. The Morgan fingerprint density at radius 1 is 1.00 bits per heavy atom. The number of hydrogen-bond acceptors (Lipinski definition) is 4. The van der Waals surface area contributed by atoms with Crippen molar-refractivity contribution < 1.29 is 19.4 Å². The van der Waals surface area contributed by atoms with Gasteiger partial charge in [-0.3, -0.25) is 9.59 Å². The van der Waals surface area contributed by atoms with Crippen LogP contribution < -0.4 is 4.74 Å². The van der Waals surface area contributed by atoms with Gasteiger partial charge in [-0.25, -0.2) is 0 Å². The SMILES string of the molecule is CC(C)(C)Sc1c(CC(C)(C)C(=O)O)n(Cc2ccc(Cl)cc2)c2ccc(OCC3CCCN3C(=O)[C@@H]3C[C@H]3c3ccccc3)cc12. The van der Waals surface area contributed by atoms with E-state index in [4.69, 9.17) is 16.3 Å². The van der Waals surface area contributed by atoms with Crippen molar-refractivity contribution in [2.24, 2.45) is 11.3 Å². The molecule has 4 aromatic rings. The number of halogens is 1. The summed E-state index contributed by atoms with van der Waals surface area (Å²) in [5.74, 6) is 0.584. The van der Waals surface area contributed by atoms with Crippen LogP contribution in [0.25, 0.3) is 10.9 Å². The first-order valence-electron chi connectivity index (χ1n) is 16.6. The number of thioether (sulfide) groups is 1. The third-order valence-corrected chi connectivity index (χ3v) is 10.9. The predicted octanol–water partition coefficient (Wildman–Crippen LogP) is 9.06. The van der Waals surface area contributed by atoms with Crippen LogP contribution in [0.4, 0.5) is 0 Å². The number of benzene rings is 3. The quantitative estimate of drug-likeness (QED) is 0.161. The molecule has 47 heavy (non-hydrogen) atoms. The first kappa shape index (κ1) is 33.5. The van der Waals surface area contributed by atoms with Crippen molar-refractivity contribution in [2.45, 2.75) is 88.4 Å². The topological polar surface area (TPSA) is 71.8 Å². The van der Waals surface area contributed by atoms with Crippen LogP contribution in [0.15, 0.2) is 77.7 Å². The Hall–Kier alpha value is -3.42. The molecule has 3 aromatic carbocycles. The van der Waals surface area contributed by atoms with E-state index >= 15 is 0 Å². The van der Waals surface area contributed by atoms with Gasteiger partial charge in [0.2, 0.25) is 5.91 Å². The Kier molecular flexibility index (Phi) is 9.43. The number of carboxylic acids is 1. The van der Waals surface area contributed by atoms with Crippen molar-refractivity contribution in [1.82, 2.24) is 9.47 Å². The molecule has 0 bridgehead atoms. The number of carboxylic acid groups (broad SMARTS) is 1. The predicted molar refractivity (Wildman–Crippen MR) is 191 cm³/mol. The molecular formula is C39H45ClN2O4S. The Morgan fingerprint density at radius 2 is 1.72 bits per heavy atom. The van der Waals surface area contributed by atoms with E-state index < -0.39 is 11.4 Å². The molecule has 1 aromatic heterocycles. The minimum atomic E-state index is -0.960. The minimum absolute atomic E-state index is 0.0556. The summed E-state index contributed by atoms with van der Waals surface area (Å²) < 4.78 is 8.63. The van der Waals surface area contributed by atoms with Crippen molar-refractivity contribution in [2.75, 3.05) is 13.2 Å². The van der Waals surface area contributed by atoms with Gasteiger partial charge in [-0.05, 0) is 80.5 Å². The fourth-order valence-corrected chi connectivity index (χ4v) is 8.04. The molecule has 1 unspecified atom stereocenters. The second kappa shape index (κ2) is 13.2. The van der Waals surface area contributed by atoms with Crippen molar-refractivity contribution in [3.63, 3.8) is 0 Å². The average molecular weight is 673 g/mol. The standard InChI is InChI=1S/C39H45ClN2O4S/c1-38(2,3)47-35-32-20-29(46-24-28-12-9-19-41(28)36(43)31-21-30(31)26-10-7-6-8-11-26)17-18-33(32)42(23-25-13-15-27(40)16-14-25)34(35)22-39(4,5)37(44)45/h6-8,10-11,13-18,20,28,30-31H,9,12,19,21-24H2,1-5H3,(H,44,45)/t28?,30-,31+/m0/s1. The maximum atomic E-state index is 13.6. The van der Waals surface area contributed by atoms with Crippen LogP contribution in [-0.2, 0) is 22.6 Å². The van der Waals surface area contributed by atoms with Crippen molar-refractivity contribution in [1.29, 1.82) is 0 Å². The zero-order valence-electron chi connectivity index (χ0n) is 28.0. The Labute approximate surface area is 287 Å². The number of carbonyl (C=O) groups excluding carboxylic acids is 1. The molecule has 6 nitrogen and oxygen atoms in total. The molecule has 0 radical (unpaired) electrons. The normalized spacial score (nSPS) is 19.7. The largest absolute Gasteiger partial charge is 0.491 e. The summed E-state index contributed by atoms with van der Waals surface area (Å²) in [5, 5.41) is 11.9. The van der Waals surface area contributed by atoms with Gasteiger partial charge in [-0.2, -0.15) is 0 Å². The van der Waals surface area contributed by atoms with Gasteiger partial charge in [-0.15, -0.1) is 11.8 Å². The van der Waals surface area contributed by atoms with Gasteiger partial charge >= 0.3 is 5.97 Å². The maximum Gasteiger partial charge on any atom is 0.309 e. The zero-order valence-corrected chi connectivity index (χ0v) is 29.5. The van der Waals surface area contributed by atoms with Crippen LogP contribution in [0.5, 0.6) is 5.75 Å². The first-order chi connectivity index (χ1) is 22.3. The van der Waals surface area contributed by atoms with Crippen LogP contribution in [0.2, 0.25) is 5.02 Å². The average Bonchev–Trinajstić information content (AvgIpc) is 3.62. The fourth-order valence-electron chi connectivity index (χ4n) is 6.73. The van der Waals surface area contributed by atoms with Gasteiger partial charge in [0, 0.05) is 56.7 Å². The maximum absolute atomic E-state index is 13.6. The van der Waals surface area contributed by atoms with Gasteiger partial charge in [0.15, 0.2) is 0 Å². The number of amides is 1. The summed E-state index contributed by atoms with van der Waals surface area (Å²) in [4.78, 5) is 29.0. The number of fused-ring (bicyclic) bond motifs is 1. The van der Waals surface area contributed by atoms with Gasteiger partial charge in [-0.1, -0.05) is 74.8 Å². The van der Waals surface area contributed by atoms with Crippen LogP contribution in [0, 0.1) is 11.3 Å². The van der Waals surface area contributed by atoms with E-state index in [1.54, 1.807) is 25.6 Å². The van der Waals surface area contributed by atoms with E-state index in [1.807, 2.05) is 48.5 Å². The molecule has 2 aliphatic rings. The molecule has 1 aliphatic carbocycles. The summed E-state index contributed by atoms with van der Waals surface area (Å²) in [5.41, 5.74) is 3.42. The van der Waals surface area contributed by atoms with E-state index in [0.717, 1.165) is 58.6 Å².